The van der Waals surface area contributed by atoms with Crippen LogP contribution in [-0.2, 0) is 10.2 Å². The maximum atomic E-state index is 15.0. The fourth-order valence-electron chi connectivity index (χ4n) is 3.75. The number of hydrogen-bond acceptors (Lipinski definition) is 7. The summed E-state index contributed by atoms with van der Waals surface area (Å²) >= 11 is 7.85. The molecule has 1 aliphatic rings. The van der Waals surface area contributed by atoms with Crippen LogP contribution >= 0.6 is 23.4 Å². The van der Waals surface area contributed by atoms with Gasteiger partial charge < -0.3 is 4.40 Å². The van der Waals surface area contributed by atoms with Gasteiger partial charge in [0.1, 0.15) is 27.1 Å². The van der Waals surface area contributed by atoms with Crippen molar-refractivity contribution < 1.29 is 13.7 Å². The number of carbonyl (C=O) groups is 1. The minimum atomic E-state index is -1.61. The number of nitrogens with zero attached hydrogens (tertiary/aromatic N) is 7. The Bertz CT molecular complexity index is 1410. The average Bonchev–Trinajstić information content (AvgIpc) is 3.24. The zero-order valence-electron chi connectivity index (χ0n) is 17.0. The van der Waals surface area contributed by atoms with Crippen molar-refractivity contribution in [3.05, 3.63) is 58.6 Å². The third-order valence-electron chi connectivity index (χ3n) is 5.33. The zero-order chi connectivity index (χ0) is 22.8. The second kappa shape index (κ2) is 7.17. The highest BCUT2D eigenvalue weighted by atomic mass is 35.5. The molecule has 0 N–H and O–H groups in total. The van der Waals surface area contributed by atoms with Gasteiger partial charge in [-0.2, -0.15) is 0 Å². The van der Waals surface area contributed by atoms with E-state index in [4.69, 9.17) is 11.6 Å². The number of thioether (sulfide) groups is 1. The first kappa shape index (κ1) is 20.7. The van der Waals surface area contributed by atoms with Gasteiger partial charge in [-0.05, 0) is 32.2 Å². The van der Waals surface area contributed by atoms with Crippen LogP contribution in [0.4, 0.5) is 14.7 Å². The summed E-state index contributed by atoms with van der Waals surface area (Å²) in [5.41, 5.74) is 0.370. The molecule has 4 aromatic heterocycles. The molecule has 0 bridgehead atoms. The Morgan fingerprint density at radius 2 is 1.94 bits per heavy atom. The Kier molecular flexibility index (Phi) is 4.64. The lowest BCUT2D eigenvalue weighted by Crippen LogP contribution is -2.36. The van der Waals surface area contributed by atoms with Crippen LogP contribution in [0.2, 0.25) is 5.15 Å². The van der Waals surface area contributed by atoms with Gasteiger partial charge in [0.2, 0.25) is 0 Å². The number of anilines is 1. The summed E-state index contributed by atoms with van der Waals surface area (Å²) in [6.45, 7) is 3.31. The normalized spacial score (nSPS) is 17.9. The van der Waals surface area contributed by atoms with Crippen molar-refractivity contribution in [3.8, 4) is 11.5 Å². The molecule has 0 spiro atoms. The monoisotopic (exact) mass is 473 g/mol. The largest absolute Gasteiger partial charge is 0.302 e. The van der Waals surface area contributed by atoms with E-state index in [-0.39, 0.29) is 33.2 Å². The number of rotatable bonds is 3. The number of halogens is 3. The van der Waals surface area contributed by atoms with E-state index in [0.29, 0.717) is 16.4 Å². The maximum Gasteiger partial charge on any atom is 0.273 e. The number of aromatic nitrogens is 6. The number of imidazole rings is 1. The predicted octanol–water partition coefficient (Wildman–Crippen LogP) is 3.94. The van der Waals surface area contributed by atoms with Crippen molar-refractivity contribution in [2.24, 2.45) is 0 Å². The van der Waals surface area contributed by atoms with Crippen LogP contribution < -0.4 is 5.12 Å². The fourth-order valence-corrected chi connectivity index (χ4v) is 4.63. The number of amides is 1. The van der Waals surface area contributed by atoms with Gasteiger partial charge in [0.15, 0.2) is 17.3 Å². The third kappa shape index (κ3) is 2.88. The molecule has 0 radical (unpaired) electrons. The SMILES string of the molecule is CSc1nc(-c2nc(Cl)c3c(n2)N(F)C(=O)C3(C)c2ccc(F)cn2)cn2cc(C)nc12. The highest BCUT2D eigenvalue weighted by molar-refractivity contribution is 7.98. The van der Waals surface area contributed by atoms with Gasteiger partial charge >= 0.3 is 0 Å². The van der Waals surface area contributed by atoms with Crippen molar-refractivity contribution in [1.82, 2.24) is 29.3 Å². The summed E-state index contributed by atoms with van der Waals surface area (Å²) in [6.07, 6.45) is 6.29. The molecule has 1 atom stereocenters. The molecular weight excluding hydrogens is 460 g/mol. The quantitative estimate of drug-likeness (QED) is 0.253. The van der Waals surface area contributed by atoms with Crippen LogP contribution in [0, 0.1) is 12.7 Å². The van der Waals surface area contributed by atoms with Gasteiger partial charge in [0.05, 0.1) is 23.1 Å². The van der Waals surface area contributed by atoms with E-state index in [1.807, 2.05) is 19.4 Å². The van der Waals surface area contributed by atoms with Crippen LogP contribution in [0.1, 0.15) is 23.9 Å². The first-order chi connectivity index (χ1) is 15.2. The molecule has 0 saturated carbocycles. The van der Waals surface area contributed by atoms with Crippen LogP contribution in [0.5, 0.6) is 0 Å². The molecule has 162 valence electrons. The molecule has 5 rings (SSSR count). The highest BCUT2D eigenvalue weighted by Crippen LogP contribution is 2.48. The molecule has 8 nitrogen and oxygen atoms in total. The van der Waals surface area contributed by atoms with E-state index in [9.17, 15) is 9.18 Å². The van der Waals surface area contributed by atoms with Crippen LogP contribution in [0.3, 0.4) is 0 Å². The van der Waals surface area contributed by atoms with Crippen molar-refractivity contribution in [2.75, 3.05) is 11.4 Å². The molecule has 12 heteroatoms. The number of hydrogen-bond donors (Lipinski definition) is 0. The van der Waals surface area contributed by atoms with Crippen LogP contribution in [0.15, 0.2) is 35.7 Å². The Morgan fingerprint density at radius 3 is 2.62 bits per heavy atom. The summed E-state index contributed by atoms with van der Waals surface area (Å²) in [5, 5.41) is 0.429. The fraction of sp³-hybridized carbons (Fsp3) is 0.200. The van der Waals surface area contributed by atoms with Gasteiger partial charge in [0, 0.05) is 12.4 Å². The van der Waals surface area contributed by atoms with Crippen molar-refractivity contribution >= 4 is 40.7 Å². The number of aryl methyl sites for hydroxylation is 1. The van der Waals surface area contributed by atoms with Gasteiger partial charge in [0.25, 0.3) is 5.91 Å². The van der Waals surface area contributed by atoms with Gasteiger partial charge in [-0.1, -0.05) is 16.1 Å². The van der Waals surface area contributed by atoms with Crippen molar-refractivity contribution in [3.63, 3.8) is 0 Å². The summed E-state index contributed by atoms with van der Waals surface area (Å²) in [5.74, 6) is -1.78. The Morgan fingerprint density at radius 1 is 1.16 bits per heavy atom. The number of carbonyl (C=O) groups excluding carboxylic acids is 1. The molecule has 0 aliphatic carbocycles. The molecule has 1 unspecified atom stereocenters. The molecule has 1 amide bonds. The molecule has 32 heavy (non-hydrogen) atoms. The van der Waals surface area contributed by atoms with Crippen molar-refractivity contribution in [1.29, 1.82) is 0 Å². The second-order valence-corrected chi connectivity index (χ2v) is 8.51. The zero-order valence-corrected chi connectivity index (χ0v) is 18.5. The smallest absolute Gasteiger partial charge is 0.273 e. The maximum absolute atomic E-state index is 15.0. The Balaban J connectivity index is 1.71. The first-order valence-corrected chi connectivity index (χ1v) is 11.0. The van der Waals surface area contributed by atoms with E-state index in [1.165, 1.54) is 24.8 Å². The summed E-state index contributed by atoms with van der Waals surface area (Å²) in [7, 11) is 0. The lowest BCUT2D eigenvalue weighted by atomic mass is 9.81. The van der Waals surface area contributed by atoms with E-state index < -0.39 is 17.1 Å². The number of pyridine rings is 1. The highest BCUT2D eigenvalue weighted by Gasteiger charge is 2.54. The molecule has 5 heterocycles. The summed E-state index contributed by atoms with van der Waals surface area (Å²) < 4.78 is 30.2. The lowest BCUT2D eigenvalue weighted by molar-refractivity contribution is -0.124. The number of fused-ring (bicyclic) bond motifs is 2. The predicted molar refractivity (Wildman–Crippen MR) is 115 cm³/mol. The average molecular weight is 474 g/mol. The third-order valence-corrected chi connectivity index (χ3v) is 6.26. The molecule has 4 aromatic rings. The standard InChI is InChI=1S/C20H14ClF2N7OS/c1-9-7-29-8-11(26-18(32-3)17(29)25-9)15-27-14(21)13-16(28-15)30(23)19(31)20(13,2)12-5-4-10(22)6-24-12/h4-8H,1-3H3. The van der Waals surface area contributed by atoms with Crippen LogP contribution in [0.25, 0.3) is 17.2 Å². The van der Waals surface area contributed by atoms with Gasteiger partial charge in [-0.15, -0.1) is 16.9 Å². The van der Waals surface area contributed by atoms with Crippen molar-refractivity contribution in [2.45, 2.75) is 24.3 Å². The topological polar surface area (TPSA) is 89.2 Å². The minimum absolute atomic E-state index is 0.0454. The minimum Gasteiger partial charge on any atom is -0.302 e. The molecule has 0 fully saturated rings. The summed E-state index contributed by atoms with van der Waals surface area (Å²) in [6, 6.07) is 2.45. The first-order valence-electron chi connectivity index (χ1n) is 9.35. The summed E-state index contributed by atoms with van der Waals surface area (Å²) in [4.78, 5) is 34.4. The van der Waals surface area contributed by atoms with Gasteiger partial charge in [-0.3, -0.25) is 9.78 Å². The van der Waals surface area contributed by atoms with E-state index in [1.54, 1.807) is 10.6 Å². The van der Waals surface area contributed by atoms with Crippen LogP contribution in [-0.4, -0.2) is 41.5 Å². The molecule has 1 aliphatic heterocycles. The lowest BCUT2D eigenvalue weighted by Gasteiger charge is -2.21. The second-order valence-electron chi connectivity index (χ2n) is 7.36. The Hall–Kier alpha value is -3.18. The van der Waals surface area contributed by atoms with E-state index >= 15 is 4.48 Å². The molecular formula is C20H14ClF2N7OS. The van der Waals surface area contributed by atoms with E-state index in [0.717, 1.165) is 18.0 Å². The molecule has 0 aromatic carbocycles. The van der Waals surface area contributed by atoms with Gasteiger partial charge in [-0.25, -0.2) is 24.3 Å². The molecule has 0 saturated heterocycles. The van der Waals surface area contributed by atoms with E-state index in [2.05, 4.69) is 24.9 Å². The Labute approximate surface area is 189 Å².